The number of carbonyl (C=O) groups is 2. The normalized spacial score (nSPS) is 21.0. The molecule has 0 bridgehead atoms. The van der Waals surface area contributed by atoms with E-state index in [0.717, 1.165) is 19.3 Å². The number of esters is 1. The lowest BCUT2D eigenvalue weighted by Gasteiger charge is -2.29. The van der Waals surface area contributed by atoms with Crippen LogP contribution in [0, 0.1) is 5.92 Å². The van der Waals surface area contributed by atoms with Gasteiger partial charge in [0.1, 0.15) is 5.75 Å². The average Bonchev–Trinajstić information content (AvgIpc) is 2.55. The van der Waals surface area contributed by atoms with Crippen LogP contribution < -0.4 is 10.1 Å². The molecule has 0 radical (unpaired) electrons. The molecule has 0 spiro atoms. The number of ether oxygens (including phenoxy) is 2. The Kier molecular flexibility index (Phi) is 5.81. The van der Waals surface area contributed by atoms with Crippen molar-refractivity contribution >= 4 is 11.9 Å². The molecule has 120 valence electrons. The Balaban J connectivity index is 1.78. The number of rotatable bonds is 5. The highest BCUT2D eigenvalue weighted by molar-refractivity contribution is 5.91. The van der Waals surface area contributed by atoms with Crippen LogP contribution in [-0.4, -0.2) is 31.6 Å². The molecule has 0 heterocycles. The Labute approximate surface area is 131 Å². The Hall–Kier alpha value is -2.04. The molecule has 1 saturated carbocycles. The highest BCUT2D eigenvalue weighted by Gasteiger charge is 2.23. The second-order valence-corrected chi connectivity index (χ2v) is 5.74. The summed E-state index contributed by atoms with van der Waals surface area (Å²) in [5, 5.41) is 2.96. The second-order valence-electron chi connectivity index (χ2n) is 5.74. The molecule has 0 aliphatic heterocycles. The molecule has 2 rings (SSSR count). The molecule has 0 unspecified atom stereocenters. The Morgan fingerprint density at radius 3 is 2.50 bits per heavy atom. The third-order valence-electron chi connectivity index (χ3n) is 4.12. The zero-order valence-corrected chi connectivity index (χ0v) is 13.1. The van der Waals surface area contributed by atoms with Crippen LogP contribution in [0.1, 0.15) is 43.0 Å². The molecule has 1 aliphatic carbocycles. The van der Waals surface area contributed by atoms with Gasteiger partial charge in [-0.1, -0.05) is 19.8 Å². The van der Waals surface area contributed by atoms with Crippen LogP contribution in [0.25, 0.3) is 0 Å². The first-order valence-electron chi connectivity index (χ1n) is 7.70. The summed E-state index contributed by atoms with van der Waals surface area (Å²) in [5.41, 5.74) is 0.402. The molecular weight excluding hydrogens is 282 g/mol. The average molecular weight is 305 g/mol. The highest BCUT2D eigenvalue weighted by atomic mass is 16.5. The lowest BCUT2D eigenvalue weighted by Crippen LogP contribution is -2.42. The lowest BCUT2D eigenvalue weighted by molar-refractivity contribution is -0.125. The van der Waals surface area contributed by atoms with Crippen molar-refractivity contribution in [3.8, 4) is 5.75 Å². The van der Waals surface area contributed by atoms with E-state index in [4.69, 9.17) is 9.47 Å². The molecule has 1 aliphatic rings. The van der Waals surface area contributed by atoms with E-state index in [1.54, 1.807) is 31.4 Å². The van der Waals surface area contributed by atoms with Crippen molar-refractivity contribution in [3.05, 3.63) is 29.8 Å². The summed E-state index contributed by atoms with van der Waals surface area (Å²) in [7, 11) is 1.56. The van der Waals surface area contributed by atoms with Gasteiger partial charge >= 0.3 is 5.97 Å². The van der Waals surface area contributed by atoms with Crippen LogP contribution in [0.4, 0.5) is 0 Å². The Morgan fingerprint density at radius 2 is 1.86 bits per heavy atom. The van der Waals surface area contributed by atoms with E-state index in [1.807, 2.05) is 0 Å². The van der Waals surface area contributed by atoms with Gasteiger partial charge in [0.15, 0.2) is 6.61 Å². The predicted octanol–water partition coefficient (Wildman–Crippen LogP) is 2.55. The van der Waals surface area contributed by atoms with Gasteiger partial charge in [0.05, 0.1) is 12.7 Å². The summed E-state index contributed by atoms with van der Waals surface area (Å²) < 4.78 is 10.1. The maximum Gasteiger partial charge on any atom is 0.338 e. The van der Waals surface area contributed by atoms with Gasteiger partial charge in [-0.3, -0.25) is 4.79 Å². The van der Waals surface area contributed by atoms with Gasteiger partial charge in [0.25, 0.3) is 5.91 Å². The van der Waals surface area contributed by atoms with Crippen molar-refractivity contribution in [2.45, 2.75) is 38.6 Å². The summed E-state index contributed by atoms with van der Waals surface area (Å²) in [6.07, 6.45) is 4.50. The largest absolute Gasteiger partial charge is 0.497 e. The number of hydrogen-bond donors (Lipinski definition) is 1. The van der Waals surface area contributed by atoms with Gasteiger partial charge in [-0.2, -0.15) is 0 Å². The summed E-state index contributed by atoms with van der Waals surface area (Å²) >= 11 is 0. The van der Waals surface area contributed by atoms with Crippen molar-refractivity contribution in [1.82, 2.24) is 5.32 Å². The number of hydrogen-bond acceptors (Lipinski definition) is 4. The van der Waals surface area contributed by atoms with Crippen LogP contribution in [-0.2, 0) is 9.53 Å². The summed E-state index contributed by atoms with van der Waals surface area (Å²) in [6, 6.07) is 6.78. The molecule has 5 heteroatoms. The Morgan fingerprint density at radius 1 is 1.18 bits per heavy atom. The van der Waals surface area contributed by atoms with E-state index < -0.39 is 5.97 Å². The zero-order chi connectivity index (χ0) is 15.9. The van der Waals surface area contributed by atoms with E-state index in [2.05, 4.69) is 12.2 Å². The molecule has 0 saturated heterocycles. The van der Waals surface area contributed by atoms with Crippen LogP contribution in [0.5, 0.6) is 5.75 Å². The molecule has 1 amide bonds. The molecule has 1 fully saturated rings. The fourth-order valence-electron chi connectivity index (χ4n) is 2.72. The minimum absolute atomic E-state index is 0.195. The number of amides is 1. The molecule has 0 aromatic heterocycles. The summed E-state index contributed by atoms with van der Waals surface area (Å²) in [4.78, 5) is 23.7. The molecule has 1 N–H and O–H groups in total. The first kappa shape index (κ1) is 16.3. The van der Waals surface area contributed by atoms with Crippen molar-refractivity contribution in [3.63, 3.8) is 0 Å². The summed E-state index contributed by atoms with van der Waals surface area (Å²) in [6.45, 7) is 1.90. The topological polar surface area (TPSA) is 64.6 Å². The second kappa shape index (κ2) is 7.82. The first-order valence-corrected chi connectivity index (χ1v) is 7.70. The smallest absolute Gasteiger partial charge is 0.338 e. The van der Waals surface area contributed by atoms with Gasteiger partial charge in [0, 0.05) is 6.04 Å². The van der Waals surface area contributed by atoms with Gasteiger partial charge in [-0.05, 0) is 43.0 Å². The fraction of sp³-hybridized carbons (Fsp3) is 0.529. The maximum atomic E-state index is 11.9. The van der Waals surface area contributed by atoms with Crippen LogP contribution in [0.3, 0.4) is 0 Å². The van der Waals surface area contributed by atoms with Crippen molar-refractivity contribution in [2.24, 2.45) is 5.92 Å². The lowest BCUT2D eigenvalue weighted by atomic mass is 9.86. The van der Waals surface area contributed by atoms with E-state index in [0.29, 0.717) is 17.2 Å². The van der Waals surface area contributed by atoms with Crippen molar-refractivity contribution in [1.29, 1.82) is 0 Å². The standard InChI is InChI=1S/C17H23NO4/c1-12-5-3-4-6-15(12)18-16(19)11-22-17(20)13-7-9-14(21-2)10-8-13/h7-10,12,15H,3-6,11H2,1-2H3,(H,18,19)/t12-,15+/m0/s1. The first-order chi connectivity index (χ1) is 10.6. The highest BCUT2D eigenvalue weighted by Crippen LogP contribution is 2.23. The maximum absolute atomic E-state index is 11.9. The Bertz CT molecular complexity index is 512. The van der Waals surface area contributed by atoms with Gasteiger partial charge < -0.3 is 14.8 Å². The van der Waals surface area contributed by atoms with Crippen LogP contribution in [0.2, 0.25) is 0 Å². The monoisotopic (exact) mass is 305 g/mol. The van der Waals surface area contributed by atoms with Crippen LogP contribution >= 0.6 is 0 Å². The minimum atomic E-state index is -0.505. The van der Waals surface area contributed by atoms with E-state index in [1.165, 1.54) is 6.42 Å². The third kappa shape index (κ3) is 4.48. The molecule has 5 nitrogen and oxygen atoms in total. The number of carbonyl (C=O) groups excluding carboxylic acids is 2. The van der Waals surface area contributed by atoms with Gasteiger partial charge in [0.2, 0.25) is 0 Å². The quantitative estimate of drug-likeness (QED) is 0.849. The van der Waals surface area contributed by atoms with Gasteiger partial charge in [-0.25, -0.2) is 4.79 Å². The zero-order valence-electron chi connectivity index (χ0n) is 13.1. The number of methoxy groups -OCH3 is 1. The number of nitrogens with one attached hydrogen (secondary N) is 1. The third-order valence-corrected chi connectivity index (χ3v) is 4.12. The molecule has 2 atom stereocenters. The minimum Gasteiger partial charge on any atom is -0.497 e. The van der Waals surface area contributed by atoms with E-state index in [-0.39, 0.29) is 18.6 Å². The van der Waals surface area contributed by atoms with Gasteiger partial charge in [-0.15, -0.1) is 0 Å². The summed E-state index contributed by atoms with van der Waals surface area (Å²) in [5.74, 6) is 0.408. The number of benzene rings is 1. The predicted molar refractivity (Wildman–Crippen MR) is 82.8 cm³/mol. The van der Waals surface area contributed by atoms with Crippen LogP contribution in [0.15, 0.2) is 24.3 Å². The van der Waals surface area contributed by atoms with Crippen molar-refractivity contribution < 1.29 is 19.1 Å². The molecular formula is C17H23NO4. The molecule has 1 aromatic rings. The van der Waals surface area contributed by atoms with E-state index >= 15 is 0 Å². The molecule has 22 heavy (non-hydrogen) atoms. The van der Waals surface area contributed by atoms with E-state index in [9.17, 15) is 9.59 Å². The van der Waals surface area contributed by atoms with Crippen molar-refractivity contribution in [2.75, 3.05) is 13.7 Å². The SMILES string of the molecule is COc1ccc(C(=O)OCC(=O)N[C@@H]2CCCC[C@@H]2C)cc1. The fourth-order valence-corrected chi connectivity index (χ4v) is 2.72. The molecule has 1 aromatic carbocycles.